The summed E-state index contributed by atoms with van der Waals surface area (Å²) in [5.74, 6) is -0.836. The molecule has 2 aliphatic rings. The highest BCUT2D eigenvalue weighted by molar-refractivity contribution is 6.35. The predicted octanol–water partition coefficient (Wildman–Crippen LogP) is 3.74. The summed E-state index contributed by atoms with van der Waals surface area (Å²) < 4.78 is 0. The lowest BCUT2D eigenvalue weighted by Crippen LogP contribution is -2.46. The molecule has 1 saturated heterocycles. The van der Waals surface area contributed by atoms with Crippen molar-refractivity contribution in [1.29, 1.82) is 0 Å². The van der Waals surface area contributed by atoms with Gasteiger partial charge in [-0.15, -0.1) is 0 Å². The number of carbonyl (C=O) groups excluding carboxylic acids is 3. The van der Waals surface area contributed by atoms with E-state index in [0.29, 0.717) is 10.6 Å². The second-order valence-electron chi connectivity index (χ2n) is 7.52. The third kappa shape index (κ3) is 3.16. The van der Waals surface area contributed by atoms with Crippen LogP contribution in [-0.4, -0.2) is 35.3 Å². The Labute approximate surface area is 178 Å². The van der Waals surface area contributed by atoms with Crippen LogP contribution in [-0.2, 0) is 21.5 Å². The van der Waals surface area contributed by atoms with Crippen LogP contribution in [0.1, 0.15) is 25.0 Å². The first-order chi connectivity index (χ1) is 13.7. The van der Waals surface area contributed by atoms with Crippen LogP contribution in [0.4, 0.5) is 10.5 Å². The number of benzene rings is 2. The molecule has 4 rings (SSSR count). The predicted molar refractivity (Wildman–Crippen MR) is 111 cm³/mol. The molecule has 2 atom stereocenters. The minimum atomic E-state index is -1.37. The van der Waals surface area contributed by atoms with E-state index in [0.717, 1.165) is 22.6 Å². The van der Waals surface area contributed by atoms with Crippen molar-refractivity contribution in [3.05, 3.63) is 63.6 Å². The standard InChI is InChI=1S/C21H19Cl2N3O3/c1-12-9-13-5-3-4-6-17(13)26(12)18(27)11-25-19(28)21(2,24-20(25)29)15-8-7-14(22)10-16(15)23/h3-8,10,12H,9,11H2,1-2H3,(H,24,29)/t12-,21+/m0/s1. The van der Waals surface area contributed by atoms with E-state index in [1.54, 1.807) is 24.0 Å². The van der Waals surface area contributed by atoms with Gasteiger partial charge in [-0.3, -0.25) is 14.5 Å². The second kappa shape index (κ2) is 7.04. The first kappa shape index (κ1) is 19.7. The molecule has 4 amide bonds. The zero-order chi connectivity index (χ0) is 20.9. The largest absolute Gasteiger partial charge is 0.325 e. The topological polar surface area (TPSA) is 69.7 Å². The molecule has 1 fully saturated rings. The molecule has 0 aromatic heterocycles. The van der Waals surface area contributed by atoms with Crippen molar-refractivity contribution < 1.29 is 14.4 Å². The van der Waals surface area contributed by atoms with Crippen LogP contribution in [0, 0.1) is 0 Å². The summed E-state index contributed by atoms with van der Waals surface area (Å²) in [6.45, 7) is 3.17. The average molecular weight is 432 g/mol. The van der Waals surface area contributed by atoms with Gasteiger partial charge in [-0.05, 0) is 44.0 Å². The van der Waals surface area contributed by atoms with Gasteiger partial charge in [-0.25, -0.2) is 4.79 Å². The van der Waals surface area contributed by atoms with Crippen molar-refractivity contribution in [3.8, 4) is 0 Å². The summed E-state index contributed by atoms with van der Waals surface area (Å²) in [5.41, 5.74) is 0.953. The highest BCUT2D eigenvalue weighted by Gasteiger charge is 2.51. The van der Waals surface area contributed by atoms with Gasteiger partial charge >= 0.3 is 6.03 Å². The average Bonchev–Trinajstić information content (AvgIpc) is 3.10. The lowest BCUT2D eigenvalue weighted by molar-refractivity contribution is -0.134. The number of rotatable bonds is 3. The van der Waals surface area contributed by atoms with Gasteiger partial charge in [0.2, 0.25) is 5.91 Å². The van der Waals surface area contributed by atoms with Crippen LogP contribution in [0.3, 0.4) is 0 Å². The smallest absolute Gasteiger partial charge is 0.319 e. The normalized spacial score (nSPS) is 23.4. The third-order valence-corrected chi connectivity index (χ3v) is 6.06. The van der Waals surface area contributed by atoms with Crippen LogP contribution < -0.4 is 10.2 Å². The van der Waals surface area contributed by atoms with Gasteiger partial charge in [0.25, 0.3) is 5.91 Å². The molecule has 150 valence electrons. The maximum atomic E-state index is 13.1. The fourth-order valence-electron chi connectivity index (χ4n) is 4.08. The number of carbonyl (C=O) groups is 3. The number of anilines is 1. The molecule has 2 aliphatic heterocycles. The molecule has 2 aromatic rings. The Kier molecular flexibility index (Phi) is 4.79. The zero-order valence-electron chi connectivity index (χ0n) is 15.9. The molecule has 8 heteroatoms. The van der Waals surface area contributed by atoms with Gasteiger partial charge in [-0.2, -0.15) is 0 Å². The number of nitrogens with zero attached hydrogens (tertiary/aromatic N) is 2. The first-order valence-corrected chi connectivity index (χ1v) is 9.97. The summed E-state index contributed by atoms with van der Waals surface area (Å²) >= 11 is 12.2. The number of fused-ring (bicyclic) bond motifs is 1. The molecule has 2 aromatic carbocycles. The van der Waals surface area contributed by atoms with E-state index < -0.39 is 17.5 Å². The molecule has 1 N–H and O–H groups in total. The Morgan fingerprint density at radius 2 is 1.93 bits per heavy atom. The van der Waals surface area contributed by atoms with Crippen molar-refractivity contribution in [2.24, 2.45) is 0 Å². The minimum Gasteiger partial charge on any atom is -0.319 e. The Balaban J connectivity index is 1.59. The number of imide groups is 1. The number of nitrogens with one attached hydrogen (secondary N) is 1. The fraction of sp³-hybridized carbons (Fsp3) is 0.286. The molecule has 6 nitrogen and oxygen atoms in total. The molecule has 29 heavy (non-hydrogen) atoms. The van der Waals surface area contributed by atoms with Gasteiger partial charge in [-0.1, -0.05) is 47.5 Å². The summed E-state index contributed by atoms with van der Waals surface area (Å²) in [4.78, 5) is 41.3. The molecular formula is C21H19Cl2N3O3. The molecule has 0 saturated carbocycles. The molecule has 0 aliphatic carbocycles. The zero-order valence-corrected chi connectivity index (χ0v) is 17.4. The second-order valence-corrected chi connectivity index (χ2v) is 8.36. The van der Waals surface area contributed by atoms with Gasteiger partial charge in [0, 0.05) is 27.3 Å². The van der Waals surface area contributed by atoms with E-state index in [4.69, 9.17) is 23.2 Å². The molecular weight excluding hydrogens is 413 g/mol. The summed E-state index contributed by atoms with van der Waals surface area (Å²) in [6, 6.07) is 11.7. The number of para-hydroxylation sites is 1. The maximum Gasteiger partial charge on any atom is 0.325 e. The molecule has 0 spiro atoms. The molecule has 0 unspecified atom stereocenters. The van der Waals surface area contributed by atoms with E-state index >= 15 is 0 Å². The van der Waals surface area contributed by atoms with Crippen molar-refractivity contribution in [3.63, 3.8) is 0 Å². The van der Waals surface area contributed by atoms with Gasteiger partial charge in [0.15, 0.2) is 0 Å². The Morgan fingerprint density at radius 3 is 2.66 bits per heavy atom. The lowest BCUT2D eigenvalue weighted by Gasteiger charge is -2.26. The molecule has 2 heterocycles. The van der Waals surface area contributed by atoms with Gasteiger partial charge in [0.1, 0.15) is 12.1 Å². The lowest BCUT2D eigenvalue weighted by atomic mass is 9.92. The minimum absolute atomic E-state index is 0.0437. The Hall–Kier alpha value is -2.57. The highest BCUT2D eigenvalue weighted by atomic mass is 35.5. The monoisotopic (exact) mass is 431 g/mol. The van der Waals surface area contributed by atoms with Crippen LogP contribution in [0.5, 0.6) is 0 Å². The van der Waals surface area contributed by atoms with Crippen molar-refractivity contribution in [2.45, 2.75) is 31.8 Å². The summed E-state index contributed by atoms with van der Waals surface area (Å²) in [7, 11) is 0. The van der Waals surface area contributed by atoms with Crippen LogP contribution in [0.2, 0.25) is 10.0 Å². The number of hydrogen-bond acceptors (Lipinski definition) is 3. The Bertz CT molecular complexity index is 1040. The fourth-order valence-corrected chi connectivity index (χ4v) is 4.67. The van der Waals surface area contributed by atoms with Crippen molar-refractivity contribution in [1.82, 2.24) is 10.2 Å². The number of hydrogen-bond donors (Lipinski definition) is 1. The SMILES string of the molecule is C[C@H]1Cc2ccccc2N1C(=O)CN1C(=O)N[C@](C)(c2ccc(Cl)cc2Cl)C1=O. The number of amides is 4. The van der Waals surface area contributed by atoms with Crippen LogP contribution in [0.25, 0.3) is 0 Å². The van der Waals surface area contributed by atoms with E-state index in [1.807, 2.05) is 31.2 Å². The van der Waals surface area contributed by atoms with E-state index in [9.17, 15) is 14.4 Å². The van der Waals surface area contributed by atoms with Crippen molar-refractivity contribution in [2.75, 3.05) is 11.4 Å². The van der Waals surface area contributed by atoms with E-state index in [2.05, 4.69) is 5.32 Å². The van der Waals surface area contributed by atoms with Crippen molar-refractivity contribution >= 4 is 46.7 Å². The Morgan fingerprint density at radius 1 is 1.21 bits per heavy atom. The maximum absolute atomic E-state index is 13.1. The highest BCUT2D eigenvalue weighted by Crippen LogP contribution is 2.36. The number of urea groups is 1. The van der Waals surface area contributed by atoms with Gasteiger partial charge in [0.05, 0.1) is 0 Å². The quantitative estimate of drug-likeness (QED) is 0.752. The summed E-state index contributed by atoms with van der Waals surface area (Å²) in [5, 5.41) is 3.36. The molecule has 0 radical (unpaired) electrons. The van der Waals surface area contributed by atoms with Gasteiger partial charge < -0.3 is 10.2 Å². The molecule has 0 bridgehead atoms. The van der Waals surface area contributed by atoms with E-state index in [1.165, 1.54) is 6.07 Å². The number of halogens is 2. The van der Waals surface area contributed by atoms with E-state index in [-0.39, 0.29) is 23.5 Å². The first-order valence-electron chi connectivity index (χ1n) is 9.22. The van der Waals surface area contributed by atoms with Crippen LogP contribution >= 0.6 is 23.2 Å². The summed E-state index contributed by atoms with van der Waals surface area (Å²) in [6.07, 6.45) is 0.736. The van der Waals surface area contributed by atoms with Crippen LogP contribution in [0.15, 0.2) is 42.5 Å². The third-order valence-electron chi connectivity index (χ3n) is 5.51.